The minimum atomic E-state index is 0.177. The number of rotatable bonds is 2. The number of fused-ring (bicyclic) bond motifs is 3. The quantitative estimate of drug-likeness (QED) is 0.898. The van der Waals surface area contributed by atoms with Crippen molar-refractivity contribution in [1.29, 1.82) is 0 Å². The third-order valence-electron chi connectivity index (χ3n) is 3.61. The molecule has 0 saturated heterocycles. The number of ether oxygens (including phenoxy) is 1. The number of hydrogen-bond acceptors (Lipinski definition) is 3. The second-order valence-corrected chi connectivity index (χ2v) is 6.48. The molecule has 0 bridgehead atoms. The van der Waals surface area contributed by atoms with Crippen molar-refractivity contribution < 1.29 is 4.74 Å². The SMILES string of the molecule is CNCC1OCCCCc2c1sc1ccc(Cl)cc21. The van der Waals surface area contributed by atoms with E-state index in [4.69, 9.17) is 16.3 Å². The number of hydrogen-bond donors (Lipinski definition) is 1. The highest BCUT2D eigenvalue weighted by Gasteiger charge is 2.22. The molecule has 0 amide bonds. The fourth-order valence-corrected chi connectivity index (χ4v) is 4.16. The largest absolute Gasteiger partial charge is 0.371 e. The highest BCUT2D eigenvalue weighted by atomic mass is 35.5. The van der Waals surface area contributed by atoms with Crippen molar-refractivity contribution in [1.82, 2.24) is 5.32 Å². The van der Waals surface area contributed by atoms with Gasteiger partial charge in [0.05, 0.1) is 0 Å². The van der Waals surface area contributed by atoms with E-state index in [1.807, 2.05) is 24.5 Å². The number of thiophene rings is 1. The van der Waals surface area contributed by atoms with Crippen LogP contribution in [0.1, 0.15) is 29.4 Å². The van der Waals surface area contributed by atoms with Gasteiger partial charge in [-0.2, -0.15) is 0 Å². The highest BCUT2D eigenvalue weighted by Crippen LogP contribution is 2.39. The van der Waals surface area contributed by atoms with E-state index < -0.39 is 0 Å². The highest BCUT2D eigenvalue weighted by molar-refractivity contribution is 7.19. The van der Waals surface area contributed by atoms with Gasteiger partial charge in [0, 0.05) is 27.8 Å². The zero-order chi connectivity index (χ0) is 13.2. The van der Waals surface area contributed by atoms with E-state index in [-0.39, 0.29) is 6.10 Å². The van der Waals surface area contributed by atoms with E-state index in [1.165, 1.54) is 26.9 Å². The average Bonchev–Trinajstić information content (AvgIpc) is 2.72. The summed E-state index contributed by atoms with van der Waals surface area (Å²) in [6.45, 7) is 1.73. The smallest absolute Gasteiger partial charge is 0.104 e. The summed E-state index contributed by atoms with van der Waals surface area (Å²) in [6, 6.07) is 6.20. The Morgan fingerprint density at radius 2 is 2.32 bits per heavy atom. The van der Waals surface area contributed by atoms with Crippen LogP contribution in [0.2, 0.25) is 5.02 Å². The van der Waals surface area contributed by atoms with Crippen LogP contribution in [0.4, 0.5) is 0 Å². The van der Waals surface area contributed by atoms with E-state index in [0.29, 0.717) is 0 Å². The van der Waals surface area contributed by atoms with Gasteiger partial charge >= 0.3 is 0 Å². The van der Waals surface area contributed by atoms with Crippen LogP contribution in [0, 0.1) is 0 Å². The standard InChI is InChI=1S/C15H18ClNOS/c1-17-9-13-15-11(4-2-3-7-18-13)12-8-10(16)5-6-14(12)19-15/h5-6,8,13,17H,2-4,7,9H2,1H3. The van der Waals surface area contributed by atoms with E-state index >= 15 is 0 Å². The van der Waals surface area contributed by atoms with Gasteiger partial charge in [0.1, 0.15) is 6.10 Å². The third kappa shape index (κ3) is 2.65. The number of benzene rings is 1. The zero-order valence-corrected chi connectivity index (χ0v) is 12.6. The van der Waals surface area contributed by atoms with Crippen LogP contribution in [0.25, 0.3) is 10.1 Å². The molecule has 102 valence electrons. The molecule has 19 heavy (non-hydrogen) atoms. The lowest BCUT2D eigenvalue weighted by molar-refractivity contribution is 0.0505. The molecule has 1 atom stereocenters. The molecule has 2 aromatic rings. The van der Waals surface area contributed by atoms with Gasteiger partial charge in [0.15, 0.2) is 0 Å². The Morgan fingerprint density at radius 3 is 3.16 bits per heavy atom. The lowest BCUT2D eigenvalue weighted by atomic mass is 10.0. The molecular weight excluding hydrogens is 278 g/mol. The Bertz CT molecular complexity index is 581. The Balaban J connectivity index is 2.12. The summed E-state index contributed by atoms with van der Waals surface area (Å²) in [5.41, 5.74) is 1.45. The van der Waals surface area contributed by atoms with Crippen molar-refractivity contribution >= 4 is 33.0 Å². The average molecular weight is 296 g/mol. The van der Waals surface area contributed by atoms with Gasteiger partial charge in [-0.3, -0.25) is 0 Å². The number of aryl methyl sites for hydroxylation is 1. The summed E-state index contributed by atoms with van der Waals surface area (Å²) < 4.78 is 7.34. The molecule has 1 aliphatic rings. The van der Waals surface area contributed by atoms with Gasteiger partial charge in [0.2, 0.25) is 0 Å². The molecule has 0 aliphatic carbocycles. The third-order valence-corrected chi connectivity index (χ3v) is 5.15. The monoisotopic (exact) mass is 295 g/mol. The van der Waals surface area contributed by atoms with Gasteiger partial charge in [-0.25, -0.2) is 0 Å². The predicted octanol–water partition coefficient (Wildman–Crippen LogP) is 4.17. The summed E-state index contributed by atoms with van der Waals surface area (Å²) in [4.78, 5) is 1.38. The van der Waals surface area contributed by atoms with Gasteiger partial charge < -0.3 is 10.1 Å². The van der Waals surface area contributed by atoms with Crippen LogP contribution in [0.5, 0.6) is 0 Å². The van der Waals surface area contributed by atoms with Crippen molar-refractivity contribution in [2.75, 3.05) is 20.2 Å². The molecule has 1 N–H and O–H groups in total. The van der Waals surface area contributed by atoms with Crippen LogP contribution in [0.15, 0.2) is 18.2 Å². The first-order chi connectivity index (χ1) is 9.29. The van der Waals surface area contributed by atoms with Crippen molar-refractivity contribution in [2.24, 2.45) is 0 Å². The molecular formula is C15H18ClNOS. The first-order valence-corrected chi connectivity index (χ1v) is 7.96. The van der Waals surface area contributed by atoms with Crippen LogP contribution >= 0.6 is 22.9 Å². The van der Waals surface area contributed by atoms with E-state index in [2.05, 4.69) is 17.4 Å². The summed E-state index contributed by atoms with van der Waals surface area (Å²) in [5.74, 6) is 0. The minimum absolute atomic E-state index is 0.177. The molecule has 2 nitrogen and oxygen atoms in total. The van der Waals surface area contributed by atoms with Crippen LogP contribution in [0.3, 0.4) is 0 Å². The van der Waals surface area contributed by atoms with E-state index in [1.54, 1.807) is 0 Å². The molecule has 3 rings (SSSR count). The lowest BCUT2D eigenvalue weighted by Crippen LogP contribution is -2.21. The number of nitrogens with one attached hydrogen (secondary N) is 1. The van der Waals surface area contributed by atoms with Crippen molar-refractivity contribution in [3.63, 3.8) is 0 Å². The summed E-state index contributed by atoms with van der Waals surface area (Å²) in [6.07, 6.45) is 3.64. The molecule has 1 aliphatic heterocycles. The zero-order valence-electron chi connectivity index (χ0n) is 11.0. The van der Waals surface area contributed by atoms with Crippen LogP contribution < -0.4 is 5.32 Å². The van der Waals surface area contributed by atoms with Crippen LogP contribution in [-0.4, -0.2) is 20.2 Å². The normalized spacial score (nSPS) is 20.0. The molecule has 0 radical (unpaired) electrons. The molecule has 0 spiro atoms. The first-order valence-electron chi connectivity index (χ1n) is 6.76. The fraction of sp³-hybridized carbons (Fsp3) is 0.467. The van der Waals surface area contributed by atoms with Gasteiger partial charge in [-0.05, 0) is 55.5 Å². The van der Waals surface area contributed by atoms with E-state index in [0.717, 1.165) is 31.0 Å². The van der Waals surface area contributed by atoms with Gasteiger partial charge in [-0.15, -0.1) is 11.3 Å². The van der Waals surface area contributed by atoms with Gasteiger partial charge in [-0.1, -0.05) is 11.6 Å². The summed E-state index contributed by atoms with van der Waals surface area (Å²) >= 11 is 8.01. The molecule has 1 aromatic heterocycles. The molecule has 0 fully saturated rings. The topological polar surface area (TPSA) is 21.3 Å². The number of likely N-dealkylation sites (N-methyl/N-ethyl adjacent to an activating group) is 1. The van der Waals surface area contributed by atoms with Crippen LogP contribution in [-0.2, 0) is 11.2 Å². The predicted molar refractivity (Wildman–Crippen MR) is 82.4 cm³/mol. The maximum absolute atomic E-state index is 6.15. The maximum Gasteiger partial charge on any atom is 0.104 e. The lowest BCUT2D eigenvalue weighted by Gasteiger charge is -2.21. The van der Waals surface area contributed by atoms with Crippen molar-refractivity contribution in [2.45, 2.75) is 25.4 Å². The Kier molecular flexibility index (Phi) is 4.08. The first kappa shape index (κ1) is 13.4. The molecule has 2 heterocycles. The maximum atomic E-state index is 6.15. The molecule has 4 heteroatoms. The second-order valence-electron chi connectivity index (χ2n) is 4.96. The molecule has 1 aromatic carbocycles. The second kappa shape index (κ2) is 5.80. The van der Waals surface area contributed by atoms with Crippen molar-refractivity contribution in [3.05, 3.63) is 33.7 Å². The van der Waals surface area contributed by atoms with E-state index in [9.17, 15) is 0 Å². The Labute approximate surface area is 122 Å². The van der Waals surface area contributed by atoms with Crippen molar-refractivity contribution in [3.8, 4) is 0 Å². The fourth-order valence-electron chi connectivity index (χ4n) is 2.70. The number of halogens is 1. The summed E-state index contributed by atoms with van der Waals surface area (Å²) in [5, 5.41) is 5.38. The Hall–Kier alpha value is -0.610. The van der Waals surface area contributed by atoms with Gasteiger partial charge in [0.25, 0.3) is 0 Å². The Morgan fingerprint density at radius 1 is 1.42 bits per heavy atom. The molecule has 0 saturated carbocycles. The minimum Gasteiger partial charge on any atom is -0.371 e. The summed E-state index contributed by atoms with van der Waals surface area (Å²) in [7, 11) is 1.98. The molecule has 1 unspecified atom stereocenters.